The van der Waals surface area contributed by atoms with E-state index in [1.54, 1.807) is 12.1 Å². The first kappa shape index (κ1) is 14.0. The standard InChI is InChI=1S/C13H18N2O3/c1-9-7-10(5-6-11(9)14(2)3)13(18)15(4)8-12(16)17/h5-7H,8H2,1-4H3,(H,16,17). The minimum atomic E-state index is -1.02. The molecule has 0 radical (unpaired) electrons. The normalized spacial score (nSPS) is 10.0. The average Bonchev–Trinajstić information content (AvgIpc) is 2.26. The van der Waals surface area contributed by atoms with Gasteiger partial charge in [-0.3, -0.25) is 9.59 Å². The summed E-state index contributed by atoms with van der Waals surface area (Å²) in [7, 11) is 5.34. The van der Waals surface area contributed by atoms with E-state index < -0.39 is 5.97 Å². The molecule has 0 fully saturated rings. The molecular weight excluding hydrogens is 232 g/mol. The second-order valence-corrected chi connectivity index (χ2v) is 4.45. The van der Waals surface area contributed by atoms with Gasteiger partial charge >= 0.3 is 5.97 Å². The van der Waals surface area contributed by atoms with Crippen LogP contribution in [-0.2, 0) is 4.79 Å². The lowest BCUT2D eigenvalue weighted by Crippen LogP contribution is -2.32. The first-order chi connectivity index (χ1) is 8.32. The summed E-state index contributed by atoms with van der Waals surface area (Å²) in [5, 5.41) is 8.65. The lowest BCUT2D eigenvalue weighted by Gasteiger charge is -2.18. The molecule has 1 amide bonds. The van der Waals surface area contributed by atoms with Crippen LogP contribution in [0.4, 0.5) is 5.69 Å². The summed E-state index contributed by atoms with van der Waals surface area (Å²) in [6.45, 7) is 1.62. The van der Waals surface area contributed by atoms with Crippen molar-refractivity contribution < 1.29 is 14.7 Å². The van der Waals surface area contributed by atoms with E-state index in [9.17, 15) is 9.59 Å². The largest absolute Gasteiger partial charge is 0.480 e. The van der Waals surface area contributed by atoms with Gasteiger partial charge in [-0.25, -0.2) is 0 Å². The maximum Gasteiger partial charge on any atom is 0.323 e. The Morgan fingerprint density at radius 3 is 2.28 bits per heavy atom. The minimum absolute atomic E-state index is 0.286. The number of likely N-dealkylation sites (N-methyl/N-ethyl adjacent to an activating group) is 1. The van der Waals surface area contributed by atoms with E-state index in [0.717, 1.165) is 11.3 Å². The zero-order valence-electron chi connectivity index (χ0n) is 11.1. The SMILES string of the molecule is Cc1cc(C(=O)N(C)CC(=O)O)ccc1N(C)C. The van der Waals surface area contributed by atoms with E-state index in [4.69, 9.17) is 5.11 Å². The second-order valence-electron chi connectivity index (χ2n) is 4.45. The molecule has 1 rings (SSSR count). The molecule has 0 saturated heterocycles. The van der Waals surface area contributed by atoms with Gasteiger partial charge in [-0.1, -0.05) is 0 Å². The van der Waals surface area contributed by atoms with E-state index >= 15 is 0 Å². The molecule has 0 aromatic heterocycles. The van der Waals surface area contributed by atoms with Crippen LogP contribution in [0.25, 0.3) is 0 Å². The molecule has 0 aliphatic heterocycles. The van der Waals surface area contributed by atoms with Gasteiger partial charge in [0.25, 0.3) is 5.91 Å². The fourth-order valence-electron chi connectivity index (χ4n) is 1.79. The van der Waals surface area contributed by atoms with Crippen molar-refractivity contribution in [2.75, 3.05) is 32.6 Å². The molecule has 0 heterocycles. The highest BCUT2D eigenvalue weighted by molar-refractivity contribution is 5.96. The molecule has 0 aliphatic rings. The van der Waals surface area contributed by atoms with Crippen LogP contribution in [0.15, 0.2) is 18.2 Å². The molecule has 1 N–H and O–H groups in total. The maximum atomic E-state index is 12.0. The van der Waals surface area contributed by atoms with Gasteiger partial charge in [0.15, 0.2) is 0 Å². The Labute approximate surface area is 107 Å². The molecule has 5 heteroatoms. The Balaban J connectivity index is 2.94. The van der Waals surface area contributed by atoms with Gasteiger partial charge in [-0.2, -0.15) is 0 Å². The van der Waals surface area contributed by atoms with Crippen molar-refractivity contribution in [3.63, 3.8) is 0 Å². The van der Waals surface area contributed by atoms with Crippen molar-refractivity contribution in [1.82, 2.24) is 4.90 Å². The number of amides is 1. The van der Waals surface area contributed by atoms with E-state index in [1.807, 2.05) is 32.0 Å². The zero-order valence-corrected chi connectivity index (χ0v) is 11.1. The van der Waals surface area contributed by atoms with Crippen LogP contribution in [0, 0.1) is 6.92 Å². The van der Waals surface area contributed by atoms with Gasteiger partial charge in [0.2, 0.25) is 0 Å². The van der Waals surface area contributed by atoms with Crippen LogP contribution in [0.1, 0.15) is 15.9 Å². The summed E-state index contributed by atoms with van der Waals surface area (Å²) in [5.74, 6) is -1.31. The van der Waals surface area contributed by atoms with Crippen LogP contribution >= 0.6 is 0 Å². The van der Waals surface area contributed by atoms with Crippen molar-refractivity contribution in [3.8, 4) is 0 Å². The molecule has 0 saturated carbocycles. The number of carbonyl (C=O) groups is 2. The van der Waals surface area contributed by atoms with Crippen LogP contribution in [0.2, 0.25) is 0 Å². The molecule has 0 aliphatic carbocycles. The molecule has 18 heavy (non-hydrogen) atoms. The quantitative estimate of drug-likeness (QED) is 0.872. The monoisotopic (exact) mass is 250 g/mol. The van der Waals surface area contributed by atoms with Crippen molar-refractivity contribution in [1.29, 1.82) is 0 Å². The summed E-state index contributed by atoms with van der Waals surface area (Å²) >= 11 is 0. The summed E-state index contributed by atoms with van der Waals surface area (Å²) in [4.78, 5) is 25.7. The van der Waals surface area contributed by atoms with E-state index in [-0.39, 0.29) is 12.5 Å². The number of aryl methyl sites for hydroxylation is 1. The van der Waals surface area contributed by atoms with Gasteiger partial charge in [0.1, 0.15) is 6.54 Å². The maximum absolute atomic E-state index is 12.0. The number of carbonyl (C=O) groups excluding carboxylic acids is 1. The zero-order chi connectivity index (χ0) is 13.9. The number of rotatable bonds is 4. The molecule has 1 aromatic rings. The third-order valence-electron chi connectivity index (χ3n) is 2.64. The molecule has 0 unspecified atom stereocenters. The van der Waals surface area contributed by atoms with Gasteiger partial charge in [0, 0.05) is 32.4 Å². The number of nitrogens with zero attached hydrogens (tertiary/aromatic N) is 2. The Kier molecular flexibility index (Phi) is 4.31. The van der Waals surface area contributed by atoms with Crippen LogP contribution in [0.3, 0.4) is 0 Å². The Morgan fingerprint density at radius 1 is 1.22 bits per heavy atom. The second kappa shape index (κ2) is 5.53. The minimum Gasteiger partial charge on any atom is -0.480 e. The number of hydrogen-bond donors (Lipinski definition) is 1. The molecule has 0 bridgehead atoms. The van der Waals surface area contributed by atoms with Crippen LogP contribution in [-0.4, -0.2) is 49.6 Å². The number of anilines is 1. The lowest BCUT2D eigenvalue weighted by atomic mass is 10.1. The molecule has 1 aromatic carbocycles. The van der Waals surface area contributed by atoms with Crippen molar-refractivity contribution in [3.05, 3.63) is 29.3 Å². The molecule has 0 spiro atoms. The number of carboxylic acids is 1. The molecule has 0 atom stereocenters. The average molecular weight is 250 g/mol. The van der Waals surface area contributed by atoms with Crippen molar-refractivity contribution in [2.45, 2.75) is 6.92 Å². The van der Waals surface area contributed by atoms with Gasteiger partial charge in [0.05, 0.1) is 0 Å². The molecule has 5 nitrogen and oxygen atoms in total. The van der Waals surface area contributed by atoms with Gasteiger partial charge in [-0.05, 0) is 30.7 Å². The van der Waals surface area contributed by atoms with Gasteiger partial charge < -0.3 is 14.9 Å². The summed E-state index contributed by atoms with van der Waals surface area (Å²) in [5.41, 5.74) is 2.52. The van der Waals surface area contributed by atoms with E-state index in [1.165, 1.54) is 11.9 Å². The first-order valence-electron chi connectivity index (χ1n) is 5.58. The number of aliphatic carboxylic acids is 1. The summed E-state index contributed by atoms with van der Waals surface area (Å²) < 4.78 is 0. The van der Waals surface area contributed by atoms with Crippen molar-refractivity contribution >= 4 is 17.6 Å². The topological polar surface area (TPSA) is 60.9 Å². The fraction of sp³-hybridized carbons (Fsp3) is 0.385. The Morgan fingerprint density at radius 2 is 1.83 bits per heavy atom. The smallest absolute Gasteiger partial charge is 0.323 e. The third kappa shape index (κ3) is 3.23. The number of benzene rings is 1. The van der Waals surface area contributed by atoms with Crippen molar-refractivity contribution in [2.24, 2.45) is 0 Å². The predicted molar refractivity (Wildman–Crippen MR) is 70.1 cm³/mol. The Hall–Kier alpha value is -2.04. The molecule has 98 valence electrons. The van der Waals surface area contributed by atoms with Gasteiger partial charge in [-0.15, -0.1) is 0 Å². The summed E-state index contributed by atoms with van der Waals surface area (Å²) in [6, 6.07) is 5.34. The highest BCUT2D eigenvalue weighted by Gasteiger charge is 2.15. The van der Waals surface area contributed by atoms with E-state index in [0.29, 0.717) is 5.56 Å². The highest BCUT2D eigenvalue weighted by atomic mass is 16.4. The first-order valence-corrected chi connectivity index (χ1v) is 5.58. The molecular formula is C13H18N2O3. The lowest BCUT2D eigenvalue weighted by molar-refractivity contribution is -0.137. The van der Waals surface area contributed by atoms with Crippen LogP contribution < -0.4 is 4.90 Å². The predicted octanol–water partition coefficient (Wildman–Crippen LogP) is 1.22. The number of hydrogen-bond acceptors (Lipinski definition) is 3. The fourth-order valence-corrected chi connectivity index (χ4v) is 1.79. The van der Waals surface area contributed by atoms with Crippen LogP contribution in [0.5, 0.6) is 0 Å². The summed E-state index contributed by atoms with van der Waals surface area (Å²) in [6.07, 6.45) is 0. The van der Waals surface area contributed by atoms with E-state index in [2.05, 4.69) is 0 Å². The third-order valence-corrected chi connectivity index (χ3v) is 2.64. The number of carboxylic acid groups (broad SMARTS) is 1. The Bertz CT molecular complexity index is 469. The highest BCUT2D eigenvalue weighted by Crippen LogP contribution is 2.19.